The number of nitrogens with one attached hydrogen (secondary N) is 1. The molecule has 1 aromatic carbocycles. The third-order valence-electron chi connectivity index (χ3n) is 4.15. The van der Waals surface area contributed by atoms with Gasteiger partial charge in [-0.25, -0.2) is 9.97 Å². The maximum absolute atomic E-state index is 12.2. The van der Waals surface area contributed by atoms with Crippen molar-refractivity contribution in [3.8, 4) is 5.88 Å². The molecule has 1 amide bonds. The summed E-state index contributed by atoms with van der Waals surface area (Å²) in [5.41, 5.74) is 0.986. The maximum atomic E-state index is 12.2. The van der Waals surface area contributed by atoms with Crippen LogP contribution in [0.4, 0.5) is 0 Å². The van der Waals surface area contributed by atoms with E-state index >= 15 is 0 Å². The van der Waals surface area contributed by atoms with Crippen LogP contribution in [0.3, 0.4) is 0 Å². The SMILES string of the molecule is CCC[C@H](CNC(=O)COc1ncnc2sccc12)c1ccc(Cl)cc1Cl. The molecule has 142 valence electrons. The Morgan fingerprint density at radius 1 is 1.30 bits per heavy atom. The summed E-state index contributed by atoms with van der Waals surface area (Å²) in [4.78, 5) is 21.3. The monoisotopic (exact) mass is 423 g/mol. The molecule has 0 aliphatic heterocycles. The van der Waals surface area contributed by atoms with E-state index in [9.17, 15) is 4.79 Å². The van der Waals surface area contributed by atoms with Crippen LogP contribution in [0.15, 0.2) is 36.0 Å². The van der Waals surface area contributed by atoms with Crippen molar-refractivity contribution in [1.29, 1.82) is 0 Å². The molecule has 0 spiro atoms. The minimum atomic E-state index is -0.205. The number of carbonyl (C=O) groups excluding carboxylic acids is 1. The highest BCUT2D eigenvalue weighted by molar-refractivity contribution is 7.16. The number of hydrogen-bond acceptors (Lipinski definition) is 5. The molecule has 1 atom stereocenters. The number of benzene rings is 1. The van der Waals surface area contributed by atoms with Gasteiger partial charge in [0, 0.05) is 22.5 Å². The van der Waals surface area contributed by atoms with E-state index in [-0.39, 0.29) is 18.4 Å². The Morgan fingerprint density at radius 2 is 2.15 bits per heavy atom. The van der Waals surface area contributed by atoms with Crippen molar-refractivity contribution in [2.75, 3.05) is 13.2 Å². The van der Waals surface area contributed by atoms with E-state index in [0.717, 1.165) is 28.6 Å². The molecule has 5 nitrogen and oxygen atoms in total. The second-order valence-corrected chi connectivity index (χ2v) is 7.80. The standard InChI is InChI=1S/C19H19Cl2N3O2S/c1-2-3-12(14-5-4-13(20)8-16(14)21)9-22-17(25)10-26-18-15-6-7-27-19(15)24-11-23-18/h4-8,11-12H,2-3,9-10H2,1H3,(H,22,25)/t12-/m1/s1. The van der Waals surface area contributed by atoms with Crippen LogP contribution >= 0.6 is 34.5 Å². The molecule has 2 aromatic heterocycles. The summed E-state index contributed by atoms with van der Waals surface area (Å²) in [5.74, 6) is 0.330. The lowest BCUT2D eigenvalue weighted by Gasteiger charge is -2.19. The predicted molar refractivity (Wildman–Crippen MR) is 110 cm³/mol. The normalized spacial score (nSPS) is 12.1. The number of hydrogen-bond donors (Lipinski definition) is 1. The van der Waals surface area contributed by atoms with Gasteiger partial charge in [0.25, 0.3) is 5.91 Å². The first-order valence-corrected chi connectivity index (χ1v) is 10.2. The molecule has 27 heavy (non-hydrogen) atoms. The average molecular weight is 424 g/mol. The highest BCUT2D eigenvalue weighted by Crippen LogP contribution is 2.30. The molecule has 2 heterocycles. The second-order valence-electron chi connectivity index (χ2n) is 6.06. The molecule has 0 aliphatic rings. The van der Waals surface area contributed by atoms with Gasteiger partial charge >= 0.3 is 0 Å². The molecule has 0 saturated heterocycles. The Bertz CT molecular complexity index is 932. The third kappa shape index (κ3) is 5.09. The fourth-order valence-corrected chi connectivity index (χ4v) is 4.14. The van der Waals surface area contributed by atoms with Gasteiger partial charge in [0.2, 0.25) is 5.88 Å². The van der Waals surface area contributed by atoms with E-state index in [1.807, 2.05) is 23.6 Å². The summed E-state index contributed by atoms with van der Waals surface area (Å²) in [6, 6.07) is 7.35. The van der Waals surface area contributed by atoms with E-state index < -0.39 is 0 Å². The van der Waals surface area contributed by atoms with Crippen molar-refractivity contribution in [2.45, 2.75) is 25.7 Å². The van der Waals surface area contributed by atoms with Gasteiger partial charge in [-0.05, 0) is 35.6 Å². The lowest BCUT2D eigenvalue weighted by molar-refractivity contribution is -0.123. The summed E-state index contributed by atoms with van der Waals surface area (Å²) in [7, 11) is 0. The molecule has 0 radical (unpaired) electrons. The summed E-state index contributed by atoms with van der Waals surface area (Å²) in [5, 5.41) is 6.87. The molecule has 0 saturated carbocycles. The first-order valence-electron chi connectivity index (χ1n) is 8.61. The Balaban J connectivity index is 1.58. The Hall–Kier alpha value is -1.89. The summed E-state index contributed by atoms with van der Waals surface area (Å²) in [6.07, 6.45) is 3.32. The highest BCUT2D eigenvalue weighted by Gasteiger charge is 2.16. The van der Waals surface area contributed by atoms with E-state index in [2.05, 4.69) is 22.2 Å². The van der Waals surface area contributed by atoms with Gasteiger partial charge in [-0.2, -0.15) is 0 Å². The van der Waals surface area contributed by atoms with Crippen LogP contribution in [0, 0.1) is 0 Å². The molecule has 8 heteroatoms. The number of rotatable bonds is 8. The fraction of sp³-hybridized carbons (Fsp3) is 0.316. The van der Waals surface area contributed by atoms with Gasteiger partial charge in [-0.1, -0.05) is 42.6 Å². The summed E-state index contributed by atoms with van der Waals surface area (Å²) < 4.78 is 5.58. The smallest absolute Gasteiger partial charge is 0.258 e. The van der Waals surface area contributed by atoms with Crippen molar-refractivity contribution in [3.63, 3.8) is 0 Å². The van der Waals surface area contributed by atoms with E-state index in [1.54, 1.807) is 6.07 Å². The van der Waals surface area contributed by atoms with Crippen LogP contribution in [0.25, 0.3) is 10.2 Å². The summed E-state index contributed by atoms with van der Waals surface area (Å²) in [6.45, 7) is 2.48. The number of ether oxygens (including phenoxy) is 1. The van der Waals surface area contributed by atoms with E-state index in [1.165, 1.54) is 17.7 Å². The quantitative estimate of drug-likeness (QED) is 0.548. The number of carbonyl (C=O) groups is 1. The largest absolute Gasteiger partial charge is 0.467 e. The van der Waals surface area contributed by atoms with Crippen LogP contribution in [-0.2, 0) is 4.79 Å². The molecule has 0 aliphatic carbocycles. The first-order chi connectivity index (χ1) is 13.1. The lowest BCUT2D eigenvalue weighted by Crippen LogP contribution is -2.32. The second kappa shape index (κ2) is 9.35. The third-order valence-corrected chi connectivity index (χ3v) is 5.53. The number of thiophene rings is 1. The van der Waals surface area contributed by atoms with Gasteiger partial charge in [0.1, 0.15) is 11.2 Å². The van der Waals surface area contributed by atoms with Crippen LogP contribution < -0.4 is 10.1 Å². The molecule has 3 rings (SSSR count). The Kier molecular flexibility index (Phi) is 6.88. The topological polar surface area (TPSA) is 64.1 Å². The molecule has 0 bridgehead atoms. The average Bonchev–Trinajstić information content (AvgIpc) is 3.13. The summed E-state index contributed by atoms with van der Waals surface area (Å²) >= 11 is 13.8. The lowest BCUT2D eigenvalue weighted by atomic mass is 9.94. The van der Waals surface area contributed by atoms with Gasteiger partial charge in [0.05, 0.1) is 5.39 Å². The molecule has 0 unspecified atom stereocenters. The van der Waals surface area contributed by atoms with Gasteiger partial charge in [0.15, 0.2) is 6.61 Å². The van der Waals surface area contributed by atoms with Gasteiger partial charge < -0.3 is 10.1 Å². The zero-order valence-electron chi connectivity index (χ0n) is 14.7. The minimum Gasteiger partial charge on any atom is -0.467 e. The maximum Gasteiger partial charge on any atom is 0.258 e. The van der Waals surface area contributed by atoms with Crippen LogP contribution in [0.2, 0.25) is 10.0 Å². The zero-order chi connectivity index (χ0) is 19.2. The van der Waals surface area contributed by atoms with Crippen molar-refractivity contribution < 1.29 is 9.53 Å². The van der Waals surface area contributed by atoms with Gasteiger partial charge in [-0.3, -0.25) is 4.79 Å². The fourth-order valence-electron chi connectivity index (χ4n) is 2.85. The minimum absolute atomic E-state index is 0.102. The Morgan fingerprint density at radius 3 is 2.93 bits per heavy atom. The molecule has 3 aromatic rings. The molecular weight excluding hydrogens is 405 g/mol. The number of nitrogens with zero attached hydrogens (tertiary/aromatic N) is 2. The van der Waals surface area contributed by atoms with Crippen molar-refractivity contribution >= 4 is 50.7 Å². The first kappa shape index (κ1) is 19.9. The Labute approximate surface area is 171 Å². The van der Waals surface area contributed by atoms with E-state index in [4.69, 9.17) is 27.9 Å². The van der Waals surface area contributed by atoms with Crippen LogP contribution in [0.5, 0.6) is 5.88 Å². The zero-order valence-corrected chi connectivity index (χ0v) is 17.1. The molecular formula is C19H19Cl2N3O2S. The van der Waals surface area contributed by atoms with Gasteiger partial charge in [-0.15, -0.1) is 11.3 Å². The van der Waals surface area contributed by atoms with E-state index in [0.29, 0.717) is 22.5 Å². The van der Waals surface area contributed by atoms with Crippen molar-refractivity contribution in [3.05, 3.63) is 51.6 Å². The van der Waals surface area contributed by atoms with Crippen LogP contribution in [-0.4, -0.2) is 29.0 Å². The number of aromatic nitrogens is 2. The number of fused-ring (bicyclic) bond motifs is 1. The highest BCUT2D eigenvalue weighted by atomic mass is 35.5. The van der Waals surface area contributed by atoms with Crippen molar-refractivity contribution in [1.82, 2.24) is 15.3 Å². The molecule has 1 N–H and O–H groups in total. The predicted octanol–water partition coefficient (Wildman–Crippen LogP) is 5.08. The van der Waals surface area contributed by atoms with Crippen molar-refractivity contribution in [2.24, 2.45) is 0 Å². The number of amides is 1. The number of halogens is 2. The van der Waals surface area contributed by atoms with Crippen LogP contribution in [0.1, 0.15) is 31.2 Å². The molecule has 0 fully saturated rings.